The molecule has 0 aromatic carbocycles. The Morgan fingerprint density at radius 1 is 0.871 bits per heavy atom. The molecule has 9 atom stereocenters. The topological polar surface area (TPSA) is 57.5 Å². The number of fused-ring (bicyclic) bond motifs is 5. The number of aliphatic hydroxyl groups is 1. The minimum Gasteiger partial charge on any atom is -0.481 e. The van der Waals surface area contributed by atoms with Crippen LogP contribution >= 0.6 is 0 Å². The molecule has 0 saturated heterocycles. The molecule has 31 heavy (non-hydrogen) atoms. The van der Waals surface area contributed by atoms with Gasteiger partial charge in [-0.15, -0.1) is 0 Å². The third kappa shape index (κ3) is 4.73. The third-order valence-electron chi connectivity index (χ3n) is 10.2. The van der Waals surface area contributed by atoms with E-state index < -0.39 is 5.97 Å². The van der Waals surface area contributed by atoms with Crippen molar-refractivity contribution in [3.63, 3.8) is 0 Å². The molecule has 4 fully saturated rings. The molecule has 3 nitrogen and oxygen atoms in total. The summed E-state index contributed by atoms with van der Waals surface area (Å²) in [5.74, 6) is 2.95. The van der Waals surface area contributed by atoms with E-state index >= 15 is 0 Å². The maximum atomic E-state index is 11.4. The van der Waals surface area contributed by atoms with Crippen molar-refractivity contribution in [1.82, 2.24) is 0 Å². The van der Waals surface area contributed by atoms with E-state index in [1.54, 1.807) is 0 Å². The summed E-state index contributed by atoms with van der Waals surface area (Å²) < 4.78 is 0. The number of carboxylic acids is 1. The molecule has 4 aliphatic carbocycles. The van der Waals surface area contributed by atoms with E-state index in [2.05, 4.69) is 20.8 Å². The Kier molecular flexibility index (Phi) is 9.50. The predicted molar refractivity (Wildman–Crippen MR) is 130 cm³/mol. The molecule has 2 N–H and O–H groups in total. The fourth-order valence-electron chi connectivity index (χ4n) is 8.82. The van der Waals surface area contributed by atoms with E-state index in [0.717, 1.165) is 12.8 Å². The maximum absolute atomic E-state index is 11.4. The molecule has 4 saturated carbocycles. The van der Waals surface area contributed by atoms with Crippen molar-refractivity contribution in [2.75, 3.05) is 0 Å². The molecule has 0 spiro atoms. The summed E-state index contributed by atoms with van der Waals surface area (Å²) >= 11 is 0. The van der Waals surface area contributed by atoms with Crippen LogP contribution in [0.5, 0.6) is 0 Å². The van der Waals surface area contributed by atoms with Gasteiger partial charge in [0.25, 0.3) is 0 Å². The molecule has 182 valence electrons. The number of carbonyl (C=O) groups is 1. The molecule has 0 aromatic heterocycles. The Morgan fingerprint density at radius 3 is 2.16 bits per heavy atom. The lowest BCUT2D eigenvalue weighted by Crippen LogP contribution is -2.60. The van der Waals surface area contributed by atoms with Gasteiger partial charge in [0.1, 0.15) is 0 Å². The molecule has 0 radical (unpaired) electrons. The normalized spacial score (nSPS) is 45.6. The Labute approximate surface area is 192 Å². The van der Waals surface area contributed by atoms with Crippen LogP contribution < -0.4 is 0 Å². The van der Waals surface area contributed by atoms with E-state index in [0.29, 0.717) is 52.8 Å². The summed E-state index contributed by atoms with van der Waals surface area (Å²) in [6, 6.07) is 0. The number of aliphatic carboxylic acids is 1. The van der Waals surface area contributed by atoms with Crippen molar-refractivity contribution >= 4 is 5.97 Å². The summed E-state index contributed by atoms with van der Waals surface area (Å²) in [7, 11) is 0. The van der Waals surface area contributed by atoms with Crippen LogP contribution in [0.3, 0.4) is 0 Å². The number of carboxylic acid groups (broad SMARTS) is 1. The van der Waals surface area contributed by atoms with Crippen LogP contribution in [0.4, 0.5) is 0 Å². The predicted octanol–water partition coefficient (Wildman–Crippen LogP) is 7.56. The quantitative estimate of drug-likeness (QED) is 0.478. The highest BCUT2D eigenvalue weighted by atomic mass is 16.4. The first kappa shape index (κ1) is 26.7. The molecule has 3 heteroatoms. The third-order valence-corrected chi connectivity index (χ3v) is 10.2. The van der Waals surface area contributed by atoms with Crippen molar-refractivity contribution in [3.8, 4) is 0 Å². The zero-order valence-corrected chi connectivity index (χ0v) is 21.6. The van der Waals surface area contributed by atoms with Gasteiger partial charge in [-0.25, -0.2) is 0 Å². The SMILES string of the molecule is CC.CC.C[C@H]1C(O)C2C3CCC(CCCC(=O)O)C3(C)CCC2C2(C)CCCCC12. The van der Waals surface area contributed by atoms with Crippen molar-refractivity contribution in [2.24, 2.45) is 46.3 Å². The zero-order valence-electron chi connectivity index (χ0n) is 21.6. The molecule has 0 amide bonds. The van der Waals surface area contributed by atoms with Crippen LogP contribution in [0, 0.1) is 46.3 Å². The molecular formula is C28H52O3. The van der Waals surface area contributed by atoms with Crippen molar-refractivity contribution < 1.29 is 15.0 Å². The maximum Gasteiger partial charge on any atom is 0.303 e. The van der Waals surface area contributed by atoms with E-state index in [-0.39, 0.29) is 6.10 Å². The molecule has 0 aliphatic heterocycles. The van der Waals surface area contributed by atoms with Gasteiger partial charge in [0.15, 0.2) is 0 Å². The van der Waals surface area contributed by atoms with Crippen LogP contribution in [-0.4, -0.2) is 22.3 Å². The van der Waals surface area contributed by atoms with Gasteiger partial charge in [-0.1, -0.05) is 61.3 Å². The fourth-order valence-corrected chi connectivity index (χ4v) is 8.82. The molecule has 4 aliphatic rings. The van der Waals surface area contributed by atoms with Gasteiger partial charge in [-0.3, -0.25) is 4.79 Å². The molecule has 0 bridgehead atoms. The molecule has 4 rings (SSSR count). The lowest BCUT2D eigenvalue weighted by atomic mass is 9.42. The molecule has 0 aromatic rings. The highest BCUT2D eigenvalue weighted by Crippen LogP contribution is 2.68. The first-order valence-corrected chi connectivity index (χ1v) is 13.7. The van der Waals surface area contributed by atoms with E-state index in [4.69, 9.17) is 5.11 Å². The average Bonchev–Trinajstić information content (AvgIpc) is 3.10. The molecule has 8 unspecified atom stereocenters. The highest BCUT2D eigenvalue weighted by Gasteiger charge is 2.63. The standard InChI is InChI=1S/C24H40O3.2C2H6/c1-15-17-8-4-5-13-24(17,3)19-12-14-23(2)16(7-6-9-20(25)26)10-11-18(23)21(19)22(15)27;2*1-2/h15-19,21-22,27H,4-14H2,1-3H3,(H,25,26);2*1-2H3/t15-,16?,17?,18?,19?,21?,22?,23?,24?;;/m1../s1. The minimum absolute atomic E-state index is 0.131. The van der Waals surface area contributed by atoms with Gasteiger partial charge in [0.05, 0.1) is 6.10 Å². The van der Waals surface area contributed by atoms with Crippen LogP contribution in [0.15, 0.2) is 0 Å². The second-order valence-electron chi connectivity index (χ2n) is 11.1. The van der Waals surface area contributed by atoms with E-state index in [9.17, 15) is 9.90 Å². The largest absolute Gasteiger partial charge is 0.481 e. The second-order valence-corrected chi connectivity index (χ2v) is 11.1. The number of aliphatic hydroxyl groups excluding tert-OH is 1. The zero-order chi connectivity index (χ0) is 23.4. The van der Waals surface area contributed by atoms with E-state index in [1.807, 2.05) is 27.7 Å². The van der Waals surface area contributed by atoms with Crippen molar-refractivity contribution in [1.29, 1.82) is 0 Å². The van der Waals surface area contributed by atoms with E-state index in [1.165, 1.54) is 51.4 Å². The summed E-state index contributed by atoms with van der Waals surface area (Å²) in [5.41, 5.74) is 0.753. The number of hydrogen-bond donors (Lipinski definition) is 2. The number of rotatable bonds is 4. The Hall–Kier alpha value is -0.570. The Bertz CT molecular complexity index is 575. The van der Waals surface area contributed by atoms with Gasteiger partial charge >= 0.3 is 5.97 Å². The van der Waals surface area contributed by atoms with Crippen LogP contribution in [-0.2, 0) is 4.79 Å². The summed E-state index contributed by atoms with van der Waals surface area (Å²) in [5, 5.41) is 20.5. The van der Waals surface area contributed by atoms with Crippen LogP contribution in [0.2, 0.25) is 0 Å². The first-order chi connectivity index (χ1) is 14.8. The molecule has 0 heterocycles. The summed E-state index contributed by atoms with van der Waals surface area (Å²) in [6.07, 6.45) is 12.5. The second kappa shape index (κ2) is 11.0. The van der Waals surface area contributed by atoms with Gasteiger partial charge in [0, 0.05) is 6.42 Å². The smallest absolute Gasteiger partial charge is 0.303 e. The average molecular weight is 437 g/mol. The minimum atomic E-state index is -0.661. The lowest BCUT2D eigenvalue weighted by Gasteiger charge is -2.64. The summed E-state index contributed by atoms with van der Waals surface area (Å²) in [4.78, 5) is 10.9. The Morgan fingerprint density at radius 2 is 1.52 bits per heavy atom. The first-order valence-electron chi connectivity index (χ1n) is 13.7. The fraction of sp³-hybridized carbons (Fsp3) is 0.964. The van der Waals surface area contributed by atoms with Gasteiger partial charge in [-0.2, -0.15) is 0 Å². The molecular weight excluding hydrogens is 384 g/mol. The van der Waals surface area contributed by atoms with Gasteiger partial charge in [0.2, 0.25) is 0 Å². The highest BCUT2D eigenvalue weighted by molar-refractivity contribution is 5.66. The Balaban J connectivity index is 0.000000807. The van der Waals surface area contributed by atoms with Crippen LogP contribution in [0.1, 0.15) is 119 Å². The van der Waals surface area contributed by atoms with Crippen molar-refractivity contribution in [3.05, 3.63) is 0 Å². The van der Waals surface area contributed by atoms with Gasteiger partial charge in [-0.05, 0) is 97.7 Å². The van der Waals surface area contributed by atoms with Gasteiger partial charge < -0.3 is 10.2 Å². The van der Waals surface area contributed by atoms with Crippen LogP contribution in [0.25, 0.3) is 0 Å². The monoisotopic (exact) mass is 436 g/mol. The summed E-state index contributed by atoms with van der Waals surface area (Å²) in [6.45, 7) is 15.4. The lowest BCUT2D eigenvalue weighted by molar-refractivity contribution is -0.188. The number of hydrogen-bond acceptors (Lipinski definition) is 2. The van der Waals surface area contributed by atoms with Crippen molar-refractivity contribution in [2.45, 2.75) is 125 Å².